The maximum Gasteiger partial charge on any atom is 0.149 e. The maximum absolute atomic E-state index is 14.1. The summed E-state index contributed by atoms with van der Waals surface area (Å²) in [6.07, 6.45) is 1.07. The topological polar surface area (TPSA) is 42.7 Å². The van der Waals surface area contributed by atoms with Crippen molar-refractivity contribution in [2.24, 2.45) is 0 Å². The van der Waals surface area contributed by atoms with Gasteiger partial charge in [0.1, 0.15) is 23.2 Å². The van der Waals surface area contributed by atoms with Crippen LogP contribution in [0, 0.1) is 19.7 Å². The fourth-order valence-corrected chi connectivity index (χ4v) is 1.99. The average Bonchev–Trinajstić information content (AvgIpc) is 2.69. The van der Waals surface area contributed by atoms with Crippen LogP contribution in [0.2, 0.25) is 0 Å². The molecule has 0 atom stereocenters. The van der Waals surface area contributed by atoms with E-state index in [9.17, 15) is 4.39 Å². The van der Waals surface area contributed by atoms with Gasteiger partial charge in [-0.25, -0.2) is 14.1 Å². The summed E-state index contributed by atoms with van der Waals surface area (Å²) < 4.78 is 15.7. The quantitative estimate of drug-likeness (QED) is 0.842. The van der Waals surface area contributed by atoms with E-state index in [4.69, 9.17) is 0 Å². The number of nitrogens with zero attached hydrogens (tertiary/aromatic N) is 3. The van der Waals surface area contributed by atoms with E-state index in [1.54, 1.807) is 19.1 Å². The molecule has 102 valence electrons. The van der Waals surface area contributed by atoms with Crippen LogP contribution in [0.3, 0.4) is 0 Å². The number of rotatable bonds is 5. The second-order valence-electron chi connectivity index (χ2n) is 4.58. The van der Waals surface area contributed by atoms with E-state index < -0.39 is 0 Å². The Morgan fingerprint density at radius 2 is 2.11 bits per heavy atom. The lowest BCUT2D eigenvalue weighted by Gasteiger charge is -2.08. The molecule has 1 aromatic heterocycles. The van der Waals surface area contributed by atoms with Gasteiger partial charge in [-0.1, -0.05) is 13.0 Å². The number of benzene rings is 1. The van der Waals surface area contributed by atoms with Crippen LogP contribution >= 0.6 is 0 Å². The number of hydrogen-bond acceptors (Lipinski definition) is 3. The Hall–Kier alpha value is -1.75. The predicted octanol–water partition coefficient (Wildman–Crippen LogP) is 2.52. The number of aromatic nitrogens is 3. The molecule has 4 nitrogen and oxygen atoms in total. The third-order valence-corrected chi connectivity index (χ3v) is 2.87. The predicted molar refractivity (Wildman–Crippen MR) is 72.8 cm³/mol. The fraction of sp³-hybridized carbons (Fsp3) is 0.429. The fourth-order valence-electron chi connectivity index (χ4n) is 1.99. The van der Waals surface area contributed by atoms with Crippen LogP contribution in [0.5, 0.6) is 0 Å². The molecule has 0 radical (unpaired) electrons. The Morgan fingerprint density at radius 1 is 1.32 bits per heavy atom. The Labute approximate surface area is 112 Å². The van der Waals surface area contributed by atoms with E-state index in [0.717, 1.165) is 18.5 Å². The smallest absolute Gasteiger partial charge is 0.149 e. The van der Waals surface area contributed by atoms with Crippen molar-refractivity contribution in [1.29, 1.82) is 0 Å². The molecule has 0 bridgehead atoms. The zero-order chi connectivity index (χ0) is 13.8. The van der Waals surface area contributed by atoms with E-state index in [2.05, 4.69) is 22.3 Å². The molecule has 0 fully saturated rings. The number of halogens is 1. The van der Waals surface area contributed by atoms with Crippen molar-refractivity contribution in [1.82, 2.24) is 20.1 Å². The average molecular weight is 262 g/mol. The summed E-state index contributed by atoms with van der Waals surface area (Å²) in [5.41, 5.74) is 1.38. The first kappa shape index (κ1) is 13.7. The van der Waals surface area contributed by atoms with Crippen LogP contribution in [0.1, 0.15) is 30.6 Å². The van der Waals surface area contributed by atoms with Gasteiger partial charge in [0.05, 0.1) is 0 Å². The van der Waals surface area contributed by atoms with E-state index in [1.807, 2.05) is 13.0 Å². The normalized spacial score (nSPS) is 10.9. The molecule has 2 aromatic rings. The summed E-state index contributed by atoms with van der Waals surface area (Å²) in [7, 11) is 0. The highest BCUT2D eigenvalue weighted by Crippen LogP contribution is 2.16. The third-order valence-electron chi connectivity index (χ3n) is 2.87. The Balaban J connectivity index is 2.22. The zero-order valence-electron chi connectivity index (χ0n) is 11.6. The van der Waals surface area contributed by atoms with Crippen molar-refractivity contribution in [3.8, 4) is 5.69 Å². The van der Waals surface area contributed by atoms with Crippen LogP contribution in [-0.2, 0) is 6.54 Å². The summed E-state index contributed by atoms with van der Waals surface area (Å²) in [5, 5.41) is 7.45. The molecule has 2 rings (SSSR count). The highest BCUT2D eigenvalue weighted by atomic mass is 19.1. The van der Waals surface area contributed by atoms with Crippen molar-refractivity contribution >= 4 is 0 Å². The molecular formula is C14H19FN4. The second-order valence-corrected chi connectivity index (χ2v) is 4.58. The number of nitrogens with one attached hydrogen (secondary N) is 1. The summed E-state index contributed by atoms with van der Waals surface area (Å²) in [4.78, 5) is 4.18. The van der Waals surface area contributed by atoms with Crippen LogP contribution in [0.4, 0.5) is 4.39 Å². The molecule has 0 unspecified atom stereocenters. The lowest BCUT2D eigenvalue weighted by Crippen LogP contribution is -2.14. The molecule has 19 heavy (non-hydrogen) atoms. The van der Waals surface area contributed by atoms with E-state index in [0.29, 0.717) is 23.9 Å². The highest BCUT2D eigenvalue weighted by Gasteiger charge is 2.10. The van der Waals surface area contributed by atoms with Crippen molar-refractivity contribution < 1.29 is 4.39 Å². The lowest BCUT2D eigenvalue weighted by atomic mass is 10.2. The molecule has 5 heteroatoms. The minimum Gasteiger partial charge on any atom is -0.313 e. The number of hydrogen-bond donors (Lipinski definition) is 1. The van der Waals surface area contributed by atoms with Crippen LogP contribution in [0.15, 0.2) is 18.2 Å². The van der Waals surface area contributed by atoms with E-state index >= 15 is 0 Å². The minimum absolute atomic E-state index is 0.274. The van der Waals surface area contributed by atoms with Gasteiger partial charge in [0.25, 0.3) is 0 Å². The molecule has 1 aromatic carbocycles. The molecule has 0 aliphatic rings. The first-order chi connectivity index (χ1) is 9.11. The van der Waals surface area contributed by atoms with Gasteiger partial charge in [-0.3, -0.25) is 0 Å². The van der Waals surface area contributed by atoms with Gasteiger partial charge in [-0.2, -0.15) is 5.10 Å². The van der Waals surface area contributed by atoms with Gasteiger partial charge in [0, 0.05) is 6.54 Å². The van der Waals surface area contributed by atoms with Crippen LogP contribution in [-0.4, -0.2) is 21.3 Å². The molecule has 0 spiro atoms. The van der Waals surface area contributed by atoms with Gasteiger partial charge in [0.15, 0.2) is 0 Å². The first-order valence-corrected chi connectivity index (χ1v) is 6.51. The third kappa shape index (κ3) is 3.17. The van der Waals surface area contributed by atoms with Gasteiger partial charge in [-0.05, 0) is 44.5 Å². The Kier molecular flexibility index (Phi) is 4.27. The van der Waals surface area contributed by atoms with Crippen molar-refractivity contribution in [3.63, 3.8) is 0 Å². The molecule has 1 N–H and O–H groups in total. The van der Waals surface area contributed by atoms with Crippen LogP contribution in [0.25, 0.3) is 5.69 Å². The molecular weight excluding hydrogens is 243 g/mol. The minimum atomic E-state index is -0.274. The molecule has 0 aliphatic carbocycles. The summed E-state index contributed by atoms with van der Waals surface area (Å²) in [6, 6.07) is 5.21. The van der Waals surface area contributed by atoms with Crippen molar-refractivity contribution in [2.45, 2.75) is 33.7 Å². The summed E-state index contributed by atoms with van der Waals surface area (Å²) >= 11 is 0. The molecule has 0 saturated heterocycles. The maximum atomic E-state index is 14.1. The zero-order valence-corrected chi connectivity index (χ0v) is 11.6. The summed E-state index contributed by atoms with van der Waals surface area (Å²) in [6.45, 7) is 7.33. The molecule has 0 aliphatic heterocycles. The second kappa shape index (κ2) is 5.93. The van der Waals surface area contributed by atoms with Gasteiger partial charge in [-0.15, -0.1) is 0 Å². The lowest BCUT2D eigenvalue weighted by molar-refractivity contribution is 0.601. The van der Waals surface area contributed by atoms with Crippen LogP contribution < -0.4 is 5.32 Å². The van der Waals surface area contributed by atoms with Gasteiger partial charge < -0.3 is 5.32 Å². The Bertz CT molecular complexity index is 563. The molecule has 0 amide bonds. The SMILES string of the molecule is CCCNCc1ccc(-n2nc(C)nc2C)c(F)c1. The Morgan fingerprint density at radius 3 is 2.68 bits per heavy atom. The standard InChI is InChI=1S/C14H19FN4/c1-4-7-16-9-12-5-6-14(13(15)8-12)19-11(3)17-10(2)18-19/h5-6,8,16H,4,7,9H2,1-3H3. The molecule has 0 saturated carbocycles. The van der Waals surface area contributed by atoms with Crippen molar-refractivity contribution in [2.75, 3.05) is 6.54 Å². The van der Waals surface area contributed by atoms with Gasteiger partial charge >= 0.3 is 0 Å². The van der Waals surface area contributed by atoms with E-state index in [-0.39, 0.29) is 5.82 Å². The molecule has 1 heterocycles. The van der Waals surface area contributed by atoms with E-state index in [1.165, 1.54) is 4.68 Å². The highest BCUT2D eigenvalue weighted by molar-refractivity contribution is 5.36. The first-order valence-electron chi connectivity index (χ1n) is 6.51. The monoisotopic (exact) mass is 262 g/mol. The summed E-state index contributed by atoms with van der Waals surface area (Å²) in [5.74, 6) is 1.06. The number of aryl methyl sites for hydroxylation is 2. The van der Waals surface area contributed by atoms with Gasteiger partial charge in [0.2, 0.25) is 0 Å². The largest absolute Gasteiger partial charge is 0.313 e. The van der Waals surface area contributed by atoms with Crippen molar-refractivity contribution in [3.05, 3.63) is 41.2 Å².